The van der Waals surface area contributed by atoms with Crippen LogP contribution in [-0.4, -0.2) is 16.1 Å². The Morgan fingerprint density at radius 3 is 2.37 bits per heavy atom. The van der Waals surface area contributed by atoms with Gasteiger partial charge in [-0.25, -0.2) is 4.79 Å². The van der Waals surface area contributed by atoms with Gasteiger partial charge in [0, 0.05) is 10.9 Å². The van der Waals surface area contributed by atoms with Gasteiger partial charge in [-0.15, -0.1) is 0 Å². The van der Waals surface area contributed by atoms with Gasteiger partial charge in [0.1, 0.15) is 5.69 Å². The van der Waals surface area contributed by atoms with Crippen LogP contribution in [0.4, 0.5) is 0 Å². The molecule has 3 aromatic rings. The smallest absolute Gasteiger partial charge is 0.352 e. The molecule has 1 heterocycles. The number of nitrogens with one attached hydrogen (secondary N) is 1. The highest BCUT2D eigenvalue weighted by Crippen LogP contribution is 2.25. The fourth-order valence-electron chi connectivity index (χ4n) is 2.17. The largest absolute Gasteiger partial charge is 0.477 e. The normalized spacial score (nSPS) is 10.8. The predicted octanol–water partition coefficient (Wildman–Crippen LogP) is 3.84. The first-order valence-corrected chi connectivity index (χ1v) is 6.06. The molecule has 0 saturated heterocycles. The molecule has 1 aromatic heterocycles. The van der Waals surface area contributed by atoms with E-state index in [1.807, 2.05) is 18.2 Å². The quantitative estimate of drug-likeness (QED) is 0.727. The molecule has 19 heavy (non-hydrogen) atoms. The number of aromatic amines is 1. The number of carboxylic acids is 1. The van der Waals surface area contributed by atoms with Crippen LogP contribution in [0.5, 0.6) is 0 Å². The van der Waals surface area contributed by atoms with Crippen molar-refractivity contribution in [3.63, 3.8) is 0 Å². The number of fused-ring (bicyclic) bond motifs is 1. The number of benzene rings is 2. The number of carboxylic acid groups (broad SMARTS) is 1. The summed E-state index contributed by atoms with van der Waals surface area (Å²) in [6.45, 7) is 2.05. The van der Waals surface area contributed by atoms with Gasteiger partial charge in [-0.3, -0.25) is 0 Å². The molecule has 2 N–H and O–H groups in total. The van der Waals surface area contributed by atoms with Crippen molar-refractivity contribution < 1.29 is 9.90 Å². The minimum Gasteiger partial charge on any atom is -0.477 e. The first kappa shape index (κ1) is 11.5. The maximum absolute atomic E-state index is 10.9. The molecule has 0 bridgehead atoms. The summed E-state index contributed by atoms with van der Waals surface area (Å²) in [5.41, 5.74) is 4.48. The summed E-state index contributed by atoms with van der Waals surface area (Å²) in [5, 5.41) is 9.88. The fourth-order valence-corrected chi connectivity index (χ4v) is 2.17. The van der Waals surface area contributed by atoms with Gasteiger partial charge in [-0.05, 0) is 30.2 Å². The van der Waals surface area contributed by atoms with E-state index in [0.29, 0.717) is 0 Å². The van der Waals surface area contributed by atoms with Crippen LogP contribution in [0.2, 0.25) is 0 Å². The summed E-state index contributed by atoms with van der Waals surface area (Å²) in [4.78, 5) is 13.8. The minimum atomic E-state index is -0.937. The van der Waals surface area contributed by atoms with Crippen molar-refractivity contribution in [3.05, 3.63) is 59.8 Å². The molecule has 0 aliphatic carbocycles. The molecule has 0 spiro atoms. The standard InChI is InChI=1S/C16H13NO2/c1-10-2-4-11(5-3-10)12-6-7-13-9-15(16(18)19)17-14(13)8-12/h2-9,17H,1H3,(H,18,19). The second-order valence-corrected chi connectivity index (χ2v) is 4.66. The minimum absolute atomic E-state index is 0.219. The highest BCUT2D eigenvalue weighted by atomic mass is 16.4. The number of hydrogen-bond acceptors (Lipinski definition) is 1. The zero-order valence-electron chi connectivity index (χ0n) is 10.5. The van der Waals surface area contributed by atoms with Crippen LogP contribution >= 0.6 is 0 Å². The number of carbonyl (C=O) groups is 1. The summed E-state index contributed by atoms with van der Waals surface area (Å²) >= 11 is 0. The Morgan fingerprint density at radius 2 is 1.68 bits per heavy atom. The molecule has 0 radical (unpaired) electrons. The van der Waals surface area contributed by atoms with Crippen LogP contribution in [0.1, 0.15) is 16.1 Å². The molecule has 0 amide bonds. The summed E-state index contributed by atoms with van der Waals surface area (Å²) in [5.74, 6) is -0.937. The van der Waals surface area contributed by atoms with Gasteiger partial charge in [-0.2, -0.15) is 0 Å². The lowest BCUT2D eigenvalue weighted by molar-refractivity contribution is 0.0691. The SMILES string of the molecule is Cc1ccc(-c2ccc3cc(C(=O)O)[nH]c3c2)cc1. The van der Waals surface area contributed by atoms with E-state index >= 15 is 0 Å². The third kappa shape index (κ3) is 2.10. The van der Waals surface area contributed by atoms with Crippen LogP contribution < -0.4 is 0 Å². The van der Waals surface area contributed by atoms with E-state index in [-0.39, 0.29) is 5.69 Å². The first-order valence-electron chi connectivity index (χ1n) is 6.06. The second kappa shape index (κ2) is 4.28. The number of aryl methyl sites for hydroxylation is 1. The van der Waals surface area contributed by atoms with Crippen molar-refractivity contribution in [2.24, 2.45) is 0 Å². The maximum Gasteiger partial charge on any atom is 0.352 e. The van der Waals surface area contributed by atoms with E-state index in [1.165, 1.54) is 5.56 Å². The van der Waals surface area contributed by atoms with Crippen molar-refractivity contribution in [1.82, 2.24) is 4.98 Å². The molecule has 0 aliphatic rings. The molecule has 0 atom stereocenters. The second-order valence-electron chi connectivity index (χ2n) is 4.66. The van der Waals surface area contributed by atoms with Crippen molar-refractivity contribution in [2.45, 2.75) is 6.92 Å². The third-order valence-electron chi connectivity index (χ3n) is 3.24. The van der Waals surface area contributed by atoms with Gasteiger partial charge in [0.15, 0.2) is 0 Å². The molecule has 94 valence electrons. The maximum atomic E-state index is 10.9. The van der Waals surface area contributed by atoms with Crippen LogP contribution in [0.15, 0.2) is 48.5 Å². The Morgan fingerprint density at radius 1 is 1.00 bits per heavy atom. The van der Waals surface area contributed by atoms with Gasteiger partial charge in [0.05, 0.1) is 0 Å². The van der Waals surface area contributed by atoms with Crippen LogP contribution in [0.25, 0.3) is 22.0 Å². The number of rotatable bonds is 2. The molecular weight excluding hydrogens is 238 g/mol. The molecule has 3 heteroatoms. The fraction of sp³-hybridized carbons (Fsp3) is 0.0625. The van der Waals surface area contributed by atoms with Crippen LogP contribution in [-0.2, 0) is 0 Å². The van der Waals surface area contributed by atoms with E-state index in [4.69, 9.17) is 5.11 Å². The average Bonchev–Trinajstić information content (AvgIpc) is 2.82. The number of aromatic carboxylic acids is 1. The van der Waals surface area contributed by atoms with Gasteiger partial charge < -0.3 is 10.1 Å². The Kier molecular flexibility index (Phi) is 2.60. The van der Waals surface area contributed by atoms with Crippen molar-refractivity contribution in [2.75, 3.05) is 0 Å². The lowest BCUT2D eigenvalue weighted by Gasteiger charge is -2.02. The Bertz CT molecular complexity index is 754. The molecule has 3 nitrogen and oxygen atoms in total. The monoisotopic (exact) mass is 251 g/mol. The first-order chi connectivity index (χ1) is 9.13. The number of H-pyrrole nitrogens is 1. The molecule has 0 saturated carbocycles. The lowest BCUT2D eigenvalue weighted by atomic mass is 10.0. The molecule has 0 aliphatic heterocycles. The zero-order valence-corrected chi connectivity index (χ0v) is 10.5. The molecule has 0 fully saturated rings. The predicted molar refractivity (Wildman–Crippen MR) is 75.4 cm³/mol. The Hall–Kier alpha value is -2.55. The zero-order chi connectivity index (χ0) is 13.4. The van der Waals surface area contributed by atoms with E-state index in [9.17, 15) is 4.79 Å². The Balaban J connectivity index is 2.10. The topological polar surface area (TPSA) is 53.1 Å². The van der Waals surface area contributed by atoms with Gasteiger partial charge in [0.25, 0.3) is 0 Å². The molecule has 0 unspecified atom stereocenters. The van der Waals surface area contributed by atoms with Gasteiger partial charge in [-0.1, -0.05) is 42.0 Å². The van der Waals surface area contributed by atoms with Crippen LogP contribution in [0.3, 0.4) is 0 Å². The average molecular weight is 251 g/mol. The highest BCUT2D eigenvalue weighted by Gasteiger charge is 2.08. The summed E-state index contributed by atoms with van der Waals surface area (Å²) in [7, 11) is 0. The third-order valence-corrected chi connectivity index (χ3v) is 3.24. The van der Waals surface area contributed by atoms with Gasteiger partial charge >= 0.3 is 5.97 Å². The number of hydrogen-bond donors (Lipinski definition) is 2. The molecule has 2 aromatic carbocycles. The summed E-state index contributed by atoms with van der Waals surface area (Å²) < 4.78 is 0. The van der Waals surface area contributed by atoms with E-state index in [2.05, 4.69) is 36.2 Å². The highest BCUT2D eigenvalue weighted by molar-refractivity contribution is 5.95. The van der Waals surface area contributed by atoms with E-state index in [1.54, 1.807) is 6.07 Å². The summed E-state index contributed by atoms with van der Waals surface area (Å²) in [6, 6.07) is 15.8. The van der Waals surface area contributed by atoms with E-state index in [0.717, 1.165) is 22.0 Å². The molecule has 3 rings (SSSR count). The van der Waals surface area contributed by atoms with Crippen molar-refractivity contribution in [1.29, 1.82) is 0 Å². The van der Waals surface area contributed by atoms with Crippen molar-refractivity contribution in [3.8, 4) is 11.1 Å². The number of aromatic nitrogens is 1. The van der Waals surface area contributed by atoms with Crippen LogP contribution in [0, 0.1) is 6.92 Å². The van der Waals surface area contributed by atoms with Crippen molar-refractivity contribution >= 4 is 16.9 Å². The van der Waals surface area contributed by atoms with Gasteiger partial charge in [0.2, 0.25) is 0 Å². The molecular formula is C16H13NO2. The Labute approximate surface area is 110 Å². The summed E-state index contributed by atoms with van der Waals surface area (Å²) in [6.07, 6.45) is 0. The lowest BCUT2D eigenvalue weighted by Crippen LogP contribution is -1.94. The van der Waals surface area contributed by atoms with E-state index < -0.39 is 5.97 Å².